The van der Waals surface area contributed by atoms with Crippen LogP contribution in [0.15, 0.2) is 11.6 Å². The second-order valence-electron chi connectivity index (χ2n) is 7.37. The average molecular weight is 319 g/mol. The first-order valence-electron chi connectivity index (χ1n) is 8.71. The number of urea groups is 1. The van der Waals surface area contributed by atoms with Crippen molar-refractivity contribution in [1.29, 1.82) is 0 Å². The summed E-state index contributed by atoms with van der Waals surface area (Å²) < 4.78 is 0. The van der Waals surface area contributed by atoms with E-state index < -0.39 is 0 Å². The van der Waals surface area contributed by atoms with Crippen LogP contribution in [-0.2, 0) is 0 Å². The number of likely N-dealkylation sites (tertiary alicyclic amines) is 1. The van der Waals surface area contributed by atoms with Crippen LogP contribution in [-0.4, -0.2) is 29.0 Å². The van der Waals surface area contributed by atoms with Gasteiger partial charge in [-0.3, -0.25) is 0 Å². The standard InChI is InChI=1S/C17H25N3OS/c21-16(19-14(13-4-5-13)15-18-9-11-22-15)20-10-8-17(12-20)6-2-1-3-7-17/h9,11,13-14H,1-8,10,12H2,(H,19,21). The molecule has 22 heavy (non-hydrogen) atoms. The highest BCUT2D eigenvalue weighted by Gasteiger charge is 2.42. The molecule has 1 aromatic heterocycles. The topological polar surface area (TPSA) is 45.2 Å². The Morgan fingerprint density at radius 3 is 2.82 bits per heavy atom. The molecule has 3 aliphatic rings. The van der Waals surface area contributed by atoms with Crippen molar-refractivity contribution in [3.05, 3.63) is 16.6 Å². The van der Waals surface area contributed by atoms with Crippen molar-refractivity contribution < 1.29 is 4.79 Å². The number of aromatic nitrogens is 1. The van der Waals surface area contributed by atoms with E-state index in [2.05, 4.69) is 15.2 Å². The lowest BCUT2D eigenvalue weighted by Crippen LogP contribution is -2.42. The molecule has 1 aliphatic heterocycles. The van der Waals surface area contributed by atoms with E-state index in [1.807, 2.05) is 11.6 Å². The summed E-state index contributed by atoms with van der Waals surface area (Å²) in [5.74, 6) is 0.598. The lowest BCUT2D eigenvalue weighted by Gasteiger charge is -2.33. The van der Waals surface area contributed by atoms with Crippen molar-refractivity contribution in [3.8, 4) is 0 Å². The molecule has 2 aliphatic carbocycles. The SMILES string of the molecule is O=C(NC(c1nccs1)C1CC1)N1CCC2(CCCCC2)C1. The molecule has 2 amide bonds. The molecule has 3 fully saturated rings. The number of carbonyl (C=O) groups is 1. The molecule has 1 unspecified atom stereocenters. The van der Waals surface area contributed by atoms with E-state index in [1.165, 1.54) is 51.4 Å². The fraction of sp³-hybridized carbons (Fsp3) is 0.765. The number of thiazole rings is 1. The minimum atomic E-state index is 0.134. The van der Waals surface area contributed by atoms with Crippen LogP contribution in [0.5, 0.6) is 0 Å². The summed E-state index contributed by atoms with van der Waals surface area (Å²) >= 11 is 1.66. The first-order chi connectivity index (χ1) is 10.8. The van der Waals surface area contributed by atoms with E-state index in [0.29, 0.717) is 11.3 Å². The Hall–Kier alpha value is -1.10. The molecule has 4 rings (SSSR count). The molecule has 1 saturated heterocycles. The molecular formula is C17H25N3OS. The van der Waals surface area contributed by atoms with Gasteiger partial charge in [-0.2, -0.15) is 0 Å². The third-order valence-corrected chi connectivity index (χ3v) is 6.59. The van der Waals surface area contributed by atoms with Gasteiger partial charge in [0.2, 0.25) is 0 Å². The van der Waals surface area contributed by atoms with Crippen LogP contribution in [0.3, 0.4) is 0 Å². The normalized spacial score (nSPS) is 25.4. The molecule has 1 atom stereocenters. The van der Waals surface area contributed by atoms with Gasteiger partial charge in [0.25, 0.3) is 0 Å². The summed E-state index contributed by atoms with van der Waals surface area (Å²) in [6, 6.07) is 0.268. The quantitative estimate of drug-likeness (QED) is 0.916. The molecule has 1 N–H and O–H groups in total. The van der Waals surface area contributed by atoms with Crippen LogP contribution >= 0.6 is 11.3 Å². The van der Waals surface area contributed by atoms with Crippen LogP contribution in [0, 0.1) is 11.3 Å². The molecule has 0 radical (unpaired) electrons. The Kier molecular flexibility index (Phi) is 3.84. The Labute approximate surface area is 136 Å². The van der Waals surface area contributed by atoms with Crippen molar-refractivity contribution in [2.75, 3.05) is 13.1 Å². The van der Waals surface area contributed by atoms with Crippen LogP contribution in [0.25, 0.3) is 0 Å². The van der Waals surface area contributed by atoms with E-state index in [4.69, 9.17) is 0 Å². The van der Waals surface area contributed by atoms with E-state index >= 15 is 0 Å². The lowest BCUT2D eigenvalue weighted by atomic mass is 9.73. The van der Waals surface area contributed by atoms with Crippen molar-refractivity contribution in [3.63, 3.8) is 0 Å². The zero-order chi connectivity index (χ0) is 15.0. The molecule has 120 valence electrons. The molecule has 1 aromatic rings. The fourth-order valence-corrected chi connectivity index (χ4v) is 5.02. The van der Waals surface area contributed by atoms with Crippen LogP contribution in [0.1, 0.15) is 62.4 Å². The third kappa shape index (κ3) is 2.87. The third-order valence-electron chi connectivity index (χ3n) is 5.73. The van der Waals surface area contributed by atoms with Crippen molar-refractivity contribution in [2.45, 2.75) is 57.4 Å². The highest BCUT2D eigenvalue weighted by atomic mass is 32.1. The number of hydrogen-bond donors (Lipinski definition) is 1. The Morgan fingerprint density at radius 2 is 2.14 bits per heavy atom. The van der Waals surface area contributed by atoms with Crippen LogP contribution < -0.4 is 5.32 Å². The minimum absolute atomic E-state index is 0.134. The van der Waals surface area contributed by atoms with Gasteiger partial charge in [0.05, 0.1) is 6.04 Å². The maximum absolute atomic E-state index is 12.7. The number of carbonyl (C=O) groups excluding carboxylic acids is 1. The molecule has 1 spiro atoms. The smallest absolute Gasteiger partial charge is 0.317 e. The molecule has 0 aromatic carbocycles. The van der Waals surface area contributed by atoms with Crippen LogP contribution in [0.2, 0.25) is 0 Å². The summed E-state index contributed by atoms with van der Waals surface area (Å²) in [5.41, 5.74) is 0.436. The zero-order valence-corrected chi connectivity index (χ0v) is 13.9. The van der Waals surface area contributed by atoms with Gasteiger partial charge in [0.1, 0.15) is 5.01 Å². The Bertz CT molecular complexity index is 520. The number of hydrogen-bond acceptors (Lipinski definition) is 3. The molecule has 0 bridgehead atoms. The highest BCUT2D eigenvalue weighted by Crippen LogP contribution is 2.44. The van der Waals surface area contributed by atoms with Crippen molar-refractivity contribution in [1.82, 2.24) is 15.2 Å². The van der Waals surface area contributed by atoms with Gasteiger partial charge in [0, 0.05) is 24.7 Å². The second-order valence-corrected chi connectivity index (χ2v) is 8.29. The fourth-order valence-electron chi connectivity index (χ4n) is 4.24. The van der Waals surface area contributed by atoms with Gasteiger partial charge in [0.15, 0.2) is 0 Å². The summed E-state index contributed by atoms with van der Waals surface area (Å²) in [6.07, 6.45) is 12.2. The molecule has 2 saturated carbocycles. The maximum Gasteiger partial charge on any atom is 0.317 e. The minimum Gasteiger partial charge on any atom is -0.328 e. The number of nitrogens with one attached hydrogen (secondary N) is 1. The van der Waals surface area contributed by atoms with Gasteiger partial charge in [-0.25, -0.2) is 9.78 Å². The monoisotopic (exact) mass is 319 g/mol. The summed E-state index contributed by atoms with van der Waals surface area (Å²) in [7, 11) is 0. The second kappa shape index (κ2) is 5.84. The van der Waals surface area contributed by atoms with E-state index in [-0.39, 0.29) is 12.1 Å². The van der Waals surface area contributed by atoms with E-state index in [0.717, 1.165) is 18.1 Å². The summed E-state index contributed by atoms with van der Waals surface area (Å²) in [5, 5.41) is 6.36. The number of amides is 2. The van der Waals surface area contributed by atoms with Gasteiger partial charge in [-0.15, -0.1) is 11.3 Å². The summed E-state index contributed by atoms with van der Waals surface area (Å²) in [4.78, 5) is 19.2. The average Bonchev–Trinajstić information content (AvgIpc) is 3.07. The largest absolute Gasteiger partial charge is 0.328 e. The number of rotatable bonds is 3. The highest BCUT2D eigenvalue weighted by molar-refractivity contribution is 7.09. The number of nitrogens with zero attached hydrogens (tertiary/aromatic N) is 2. The van der Waals surface area contributed by atoms with Crippen LogP contribution in [0.4, 0.5) is 4.79 Å². The van der Waals surface area contributed by atoms with Crippen molar-refractivity contribution in [2.24, 2.45) is 11.3 Å². The first-order valence-corrected chi connectivity index (χ1v) is 9.59. The van der Waals surface area contributed by atoms with Gasteiger partial charge in [-0.05, 0) is 43.4 Å². The Morgan fingerprint density at radius 1 is 1.32 bits per heavy atom. The van der Waals surface area contributed by atoms with E-state index in [9.17, 15) is 4.79 Å². The molecular weight excluding hydrogens is 294 g/mol. The van der Waals surface area contributed by atoms with E-state index in [1.54, 1.807) is 11.3 Å². The predicted octanol–water partition coefficient (Wildman–Crippen LogP) is 3.96. The van der Waals surface area contributed by atoms with Gasteiger partial charge in [-0.1, -0.05) is 19.3 Å². The van der Waals surface area contributed by atoms with Gasteiger partial charge < -0.3 is 10.2 Å². The van der Waals surface area contributed by atoms with Gasteiger partial charge >= 0.3 is 6.03 Å². The molecule has 5 heteroatoms. The summed E-state index contributed by atoms with van der Waals surface area (Å²) in [6.45, 7) is 1.90. The lowest BCUT2D eigenvalue weighted by molar-refractivity contribution is 0.174. The first kappa shape index (κ1) is 14.5. The molecule has 2 heterocycles. The van der Waals surface area contributed by atoms with Crippen molar-refractivity contribution >= 4 is 17.4 Å². The zero-order valence-electron chi connectivity index (χ0n) is 13.1. The Balaban J connectivity index is 1.39. The maximum atomic E-state index is 12.7. The molecule has 4 nitrogen and oxygen atoms in total. The predicted molar refractivity (Wildman–Crippen MR) is 87.8 cm³/mol.